The fourth-order valence-electron chi connectivity index (χ4n) is 5.31. The summed E-state index contributed by atoms with van der Waals surface area (Å²) in [6.45, 7) is 0. The van der Waals surface area contributed by atoms with Crippen LogP contribution in [0.25, 0.3) is 0 Å². The van der Waals surface area contributed by atoms with Gasteiger partial charge in [0.15, 0.2) is 0 Å². The van der Waals surface area contributed by atoms with E-state index in [1.165, 1.54) is 31.6 Å². The van der Waals surface area contributed by atoms with Crippen LogP contribution in [0.1, 0.15) is 30.4 Å². The lowest BCUT2D eigenvalue weighted by molar-refractivity contribution is 0.909. The quantitative estimate of drug-likeness (QED) is 0.531. The average Bonchev–Trinajstić information content (AvgIpc) is 2.59. The minimum absolute atomic E-state index is 0.740. The molecule has 0 unspecified atom stereocenters. The van der Waals surface area contributed by atoms with Gasteiger partial charge in [0, 0.05) is 33.8 Å². The minimum Gasteiger partial charge on any atom is -0.0622 e. The van der Waals surface area contributed by atoms with Crippen molar-refractivity contribution in [2.45, 2.75) is 31.6 Å². The smallest absolute Gasteiger partial charge is 0.0622 e. The molecule has 5 rings (SSSR count). The first-order chi connectivity index (χ1) is 12.3. The zero-order chi connectivity index (χ0) is 17.0. The SMILES string of the molecule is c1ccc(C[P+]23CCC[P+](Cc4ccccc4)(CCC2)CCC3)cc1. The van der Waals surface area contributed by atoms with Crippen LogP contribution in [-0.4, -0.2) is 37.0 Å². The predicted octanol–water partition coefficient (Wildman–Crippen LogP) is 6.62. The molecule has 132 valence electrons. The summed E-state index contributed by atoms with van der Waals surface area (Å²) in [5.74, 6) is 0. The first kappa shape index (κ1) is 17.7. The van der Waals surface area contributed by atoms with E-state index in [1.54, 1.807) is 48.1 Å². The van der Waals surface area contributed by atoms with E-state index in [-0.39, 0.29) is 0 Å². The van der Waals surface area contributed by atoms with E-state index in [9.17, 15) is 0 Å². The molecule has 0 spiro atoms. The van der Waals surface area contributed by atoms with E-state index < -0.39 is 14.5 Å². The first-order valence-corrected chi connectivity index (χ1v) is 15.1. The van der Waals surface area contributed by atoms with E-state index >= 15 is 0 Å². The Morgan fingerprint density at radius 1 is 0.480 bits per heavy atom. The van der Waals surface area contributed by atoms with Gasteiger partial charge in [-0.15, -0.1) is 0 Å². The Morgan fingerprint density at radius 2 is 0.800 bits per heavy atom. The van der Waals surface area contributed by atoms with Gasteiger partial charge >= 0.3 is 0 Å². The van der Waals surface area contributed by atoms with Gasteiger partial charge in [0.05, 0.1) is 49.3 Å². The van der Waals surface area contributed by atoms with Crippen LogP contribution in [0.4, 0.5) is 0 Å². The average molecular weight is 370 g/mol. The van der Waals surface area contributed by atoms with Crippen molar-refractivity contribution in [3.8, 4) is 0 Å². The Morgan fingerprint density at radius 3 is 1.12 bits per heavy atom. The molecular formula is C23H32P2+2. The molecule has 0 atom stereocenters. The lowest BCUT2D eigenvalue weighted by Gasteiger charge is -2.38. The van der Waals surface area contributed by atoms with E-state index in [1.807, 2.05) is 0 Å². The second-order valence-electron chi connectivity index (χ2n) is 8.37. The monoisotopic (exact) mass is 370 g/mol. The zero-order valence-corrected chi connectivity index (χ0v) is 17.2. The molecule has 0 N–H and O–H groups in total. The van der Waals surface area contributed by atoms with Gasteiger partial charge in [-0.25, -0.2) is 0 Å². The van der Waals surface area contributed by atoms with Crippen LogP contribution in [0.3, 0.4) is 0 Å². The maximum Gasteiger partial charge on any atom is 0.0843 e. The van der Waals surface area contributed by atoms with E-state index in [0.717, 1.165) is 0 Å². The topological polar surface area (TPSA) is 0 Å². The summed E-state index contributed by atoms with van der Waals surface area (Å²) in [4.78, 5) is 0. The van der Waals surface area contributed by atoms with Crippen molar-refractivity contribution in [2.24, 2.45) is 0 Å². The highest BCUT2D eigenvalue weighted by Gasteiger charge is 2.47. The minimum atomic E-state index is -0.740. The number of hydrogen-bond donors (Lipinski definition) is 0. The van der Waals surface area contributed by atoms with Gasteiger partial charge in [-0.2, -0.15) is 0 Å². The van der Waals surface area contributed by atoms with Crippen LogP contribution in [0.15, 0.2) is 60.7 Å². The van der Waals surface area contributed by atoms with Gasteiger partial charge < -0.3 is 0 Å². The second-order valence-corrected chi connectivity index (χ2v) is 17.1. The van der Waals surface area contributed by atoms with Crippen molar-refractivity contribution in [3.05, 3.63) is 71.8 Å². The lowest BCUT2D eigenvalue weighted by atomic mass is 10.2. The van der Waals surface area contributed by atoms with Crippen LogP contribution in [0.5, 0.6) is 0 Å². The number of hydrogen-bond acceptors (Lipinski definition) is 0. The molecule has 0 aliphatic carbocycles. The standard InChI is InChI=1S/C23H32P2/c1-3-10-22(11-4-1)20-24-14-7-17-25(18-8-15-24,19-9-16-24)21-23-12-5-2-6-13-23/h1-6,10-13H,7-9,14-21H2/q+2. The van der Waals surface area contributed by atoms with Crippen molar-refractivity contribution >= 4 is 14.5 Å². The fraction of sp³-hybridized carbons (Fsp3) is 0.478. The van der Waals surface area contributed by atoms with Crippen LogP contribution in [0, 0.1) is 0 Å². The molecule has 0 nitrogen and oxygen atoms in total. The molecule has 2 heteroatoms. The van der Waals surface area contributed by atoms with Gasteiger partial charge in [0.1, 0.15) is 0 Å². The highest BCUT2D eigenvalue weighted by Crippen LogP contribution is 2.72. The largest absolute Gasteiger partial charge is 0.0843 e. The van der Waals surface area contributed by atoms with Crippen molar-refractivity contribution in [3.63, 3.8) is 0 Å². The summed E-state index contributed by atoms with van der Waals surface area (Å²) in [5.41, 5.74) is 3.23. The van der Waals surface area contributed by atoms with Crippen LogP contribution < -0.4 is 0 Å². The van der Waals surface area contributed by atoms with Gasteiger partial charge in [-0.05, 0) is 11.1 Å². The third-order valence-electron chi connectivity index (χ3n) is 6.52. The molecule has 25 heavy (non-hydrogen) atoms. The molecule has 3 heterocycles. The van der Waals surface area contributed by atoms with E-state index in [4.69, 9.17) is 0 Å². The first-order valence-electron chi connectivity index (χ1n) is 10.1. The highest BCUT2D eigenvalue weighted by molar-refractivity contribution is 7.77. The number of rotatable bonds is 4. The molecule has 3 aliphatic heterocycles. The van der Waals surface area contributed by atoms with Crippen molar-refractivity contribution in [1.29, 1.82) is 0 Å². The normalized spacial score (nSPS) is 29.6. The van der Waals surface area contributed by atoms with Crippen LogP contribution >= 0.6 is 14.5 Å². The van der Waals surface area contributed by atoms with Crippen LogP contribution in [0.2, 0.25) is 0 Å². The summed E-state index contributed by atoms with van der Waals surface area (Å²) < 4.78 is 0. The Bertz CT molecular complexity index is 578. The summed E-state index contributed by atoms with van der Waals surface area (Å²) in [6.07, 6.45) is 16.9. The van der Waals surface area contributed by atoms with Crippen molar-refractivity contribution < 1.29 is 0 Å². The molecule has 2 aromatic rings. The molecule has 3 fully saturated rings. The summed E-state index contributed by atoms with van der Waals surface area (Å²) >= 11 is 0. The number of fused-ring (bicyclic) bond motifs is 6. The summed E-state index contributed by atoms with van der Waals surface area (Å²) in [7, 11) is -1.48. The molecule has 3 aliphatic rings. The Balaban J connectivity index is 1.49. The molecule has 0 radical (unpaired) electrons. The summed E-state index contributed by atoms with van der Waals surface area (Å²) in [5, 5.41) is 0. The molecular weight excluding hydrogens is 338 g/mol. The van der Waals surface area contributed by atoms with E-state index in [0.29, 0.717) is 0 Å². The lowest BCUT2D eigenvalue weighted by Crippen LogP contribution is -2.24. The molecule has 2 aromatic carbocycles. The maximum atomic E-state index is 2.37. The zero-order valence-electron chi connectivity index (χ0n) is 15.4. The van der Waals surface area contributed by atoms with Gasteiger partial charge in [-0.1, -0.05) is 60.7 Å². The van der Waals surface area contributed by atoms with Gasteiger partial charge in [-0.3, -0.25) is 0 Å². The van der Waals surface area contributed by atoms with Gasteiger partial charge in [0.25, 0.3) is 0 Å². The molecule has 2 bridgehead atoms. The second kappa shape index (κ2) is 7.90. The Kier molecular flexibility index (Phi) is 5.59. The van der Waals surface area contributed by atoms with Crippen molar-refractivity contribution in [1.82, 2.24) is 0 Å². The molecule has 3 saturated heterocycles. The van der Waals surface area contributed by atoms with Crippen LogP contribution in [-0.2, 0) is 12.3 Å². The fourth-order valence-corrected chi connectivity index (χ4v) is 15.3. The third kappa shape index (κ3) is 4.35. The Labute approximate surface area is 155 Å². The molecule has 0 saturated carbocycles. The summed E-state index contributed by atoms with van der Waals surface area (Å²) in [6, 6.07) is 22.8. The third-order valence-corrected chi connectivity index (χ3v) is 16.2. The maximum absolute atomic E-state index is 2.37. The van der Waals surface area contributed by atoms with Crippen molar-refractivity contribution in [2.75, 3.05) is 37.0 Å². The van der Waals surface area contributed by atoms with E-state index in [2.05, 4.69) is 60.7 Å². The Hall–Kier alpha value is -0.700. The number of benzene rings is 2. The molecule has 0 aromatic heterocycles. The predicted molar refractivity (Wildman–Crippen MR) is 117 cm³/mol. The highest BCUT2D eigenvalue weighted by atomic mass is 31.2. The molecule has 0 amide bonds. The van der Waals surface area contributed by atoms with Gasteiger partial charge in [0.2, 0.25) is 0 Å².